The highest BCUT2D eigenvalue weighted by atomic mass is 35.5. The van der Waals surface area contributed by atoms with Crippen molar-refractivity contribution in [3.05, 3.63) is 70.4 Å². The number of aliphatic imine (C=N–C) groups is 1. The van der Waals surface area contributed by atoms with Gasteiger partial charge in [0.25, 0.3) is 0 Å². The Kier molecular flexibility index (Phi) is 4.67. The van der Waals surface area contributed by atoms with E-state index in [1.165, 1.54) is 4.90 Å². The summed E-state index contributed by atoms with van der Waals surface area (Å²) in [6.07, 6.45) is 0.385. The van der Waals surface area contributed by atoms with Gasteiger partial charge < -0.3 is 10.2 Å². The molecule has 7 heteroatoms. The Bertz CT molecular complexity index is 1170. The van der Waals surface area contributed by atoms with Crippen LogP contribution in [0.25, 0.3) is 11.0 Å². The zero-order chi connectivity index (χ0) is 20.8. The fraction of sp³-hybridized carbons (Fsp3) is 0.227. The van der Waals surface area contributed by atoms with E-state index in [1.807, 2.05) is 31.2 Å². The number of Topliss-reactive ketones (excluding diaryl/α,β-unsaturated/α-hetero) is 1. The molecule has 2 heterocycles. The van der Waals surface area contributed by atoms with Gasteiger partial charge in [-0.2, -0.15) is 0 Å². The number of halogens is 1. The molecule has 0 radical (unpaired) electrons. The number of nitrogens with zero attached hydrogens (tertiary/aromatic N) is 2. The van der Waals surface area contributed by atoms with Gasteiger partial charge in [0.15, 0.2) is 11.7 Å². The standard InChI is InChI=1S/C22H20ClN3O3/c1-22(12-20(28)26(2)21(24)25-22)15-5-3-4-13(8-15)9-17(27)19-11-14-10-16(23)6-7-18(14)29-19/h3-8,10-11H,9,12H2,1-2H3,(H2,24,25). The summed E-state index contributed by atoms with van der Waals surface area (Å²) >= 11 is 6.00. The van der Waals surface area contributed by atoms with Gasteiger partial charge in [0, 0.05) is 23.9 Å². The molecule has 2 aromatic carbocycles. The van der Waals surface area contributed by atoms with Crippen molar-refractivity contribution in [3.63, 3.8) is 0 Å². The van der Waals surface area contributed by atoms with Gasteiger partial charge in [-0.3, -0.25) is 14.5 Å². The van der Waals surface area contributed by atoms with Crippen molar-refractivity contribution in [3.8, 4) is 0 Å². The molecular weight excluding hydrogens is 390 g/mol. The maximum absolute atomic E-state index is 12.7. The number of hydrogen-bond donors (Lipinski definition) is 1. The molecule has 6 nitrogen and oxygen atoms in total. The van der Waals surface area contributed by atoms with Gasteiger partial charge in [0.1, 0.15) is 5.58 Å². The number of fused-ring (bicyclic) bond motifs is 1. The number of furan rings is 1. The Morgan fingerprint density at radius 1 is 1.28 bits per heavy atom. The van der Waals surface area contributed by atoms with Crippen LogP contribution in [0, 0.1) is 0 Å². The quantitative estimate of drug-likeness (QED) is 0.662. The van der Waals surface area contributed by atoms with E-state index < -0.39 is 5.54 Å². The van der Waals surface area contributed by atoms with Crippen LogP contribution in [0.5, 0.6) is 0 Å². The highest BCUT2D eigenvalue weighted by molar-refractivity contribution is 6.31. The molecule has 0 aliphatic carbocycles. The second-order valence-corrected chi connectivity index (χ2v) is 7.90. The first-order valence-electron chi connectivity index (χ1n) is 9.19. The Labute approximate surface area is 172 Å². The SMILES string of the molecule is CN1C(=O)CC(C)(c2cccc(CC(=O)c3cc4cc(Cl)ccc4o3)c2)N=C1N. The monoisotopic (exact) mass is 409 g/mol. The van der Waals surface area contributed by atoms with Gasteiger partial charge in [0.2, 0.25) is 11.7 Å². The lowest BCUT2D eigenvalue weighted by atomic mass is 9.86. The lowest BCUT2D eigenvalue weighted by Gasteiger charge is -2.33. The highest BCUT2D eigenvalue weighted by Gasteiger charge is 2.36. The summed E-state index contributed by atoms with van der Waals surface area (Å²) in [5, 5.41) is 1.38. The van der Waals surface area contributed by atoms with Gasteiger partial charge in [-0.1, -0.05) is 35.9 Å². The molecule has 3 aromatic rings. The topological polar surface area (TPSA) is 88.9 Å². The Balaban J connectivity index is 1.60. The second-order valence-electron chi connectivity index (χ2n) is 7.47. The fourth-order valence-corrected chi connectivity index (χ4v) is 3.70. The minimum Gasteiger partial charge on any atom is -0.453 e. The fourth-order valence-electron chi connectivity index (χ4n) is 3.52. The summed E-state index contributed by atoms with van der Waals surface area (Å²) < 4.78 is 5.67. The Morgan fingerprint density at radius 2 is 2.07 bits per heavy atom. The van der Waals surface area contributed by atoms with E-state index in [0.717, 1.165) is 16.5 Å². The maximum atomic E-state index is 12.7. The molecule has 29 heavy (non-hydrogen) atoms. The summed E-state index contributed by atoms with van der Waals surface area (Å²) in [6, 6.07) is 14.5. The van der Waals surface area contributed by atoms with Crippen molar-refractivity contribution in [1.29, 1.82) is 0 Å². The van der Waals surface area contributed by atoms with E-state index in [1.54, 1.807) is 31.3 Å². The van der Waals surface area contributed by atoms with Crippen molar-refractivity contribution < 1.29 is 14.0 Å². The van der Waals surface area contributed by atoms with Crippen molar-refractivity contribution >= 4 is 40.2 Å². The molecule has 1 aromatic heterocycles. The third kappa shape index (κ3) is 3.63. The summed E-state index contributed by atoms with van der Waals surface area (Å²) in [4.78, 5) is 30.9. The van der Waals surface area contributed by atoms with Crippen LogP contribution in [0.1, 0.15) is 35.0 Å². The van der Waals surface area contributed by atoms with Gasteiger partial charge >= 0.3 is 0 Å². The van der Waals surface area contributed by atoms with Crippen molar-refractivity contribution in [2.45, 2.75) is 25.3 Å². The van der Waals surface area contributed by atoms with Crippen LogP contribution < -0.4 is 5.73 Å². The molecule has 0 fully saturated rings. The van der Waals surface area contributed by atoms with Crippen molar-refractivity contribution in [2.75, 3.05) is 7.05 Å². The van der Waals surface area contributed by atoms with Crippen LogP contribution in [0.4, 0.5) is 0 Å². The minimum absolute atomic E-state index is 0.0950. The molecule has 0 saturated carbocycles. The summed E-state index contributed by atoms with van der Waals surface area (Å²) in [5.41, 5.74) is 7.41. The molecule has 0 saturated heterocycles. The van der Waals surface area contributed by atoms with Crippen LogP contribution in [-0.4, -0.2) is 29.6 Å². The average molecular weight is 410 g/mol. The molecular formula is C22H20ClN3O3. The van der Waals surface area contributed by atoms with Crippen LogP contribution in [0.2, 0.25) is 5.02 Å². The number of nitrogens with two attached hydrogens (primary N) is 1. The lowest BCUT2D eigenvalue weighted by Crippen LogP contribution is -2.47. The number of benzene rings is 2. The van der Waals surface area contributed by atoms with E-state index in [-0.39, 0.29) is 36.3 Å². The predicted molar refractivity (Wildman–Crippen MR) is 112 cm³/mol. The van der Waals surface area contributed by atoms with E-state index in [0.29, 0.717) is 10.6 Å². The van der Waals surface area contributed by atoms with Gasteiger partial charge in [-0.25, -0.2) is 4.99 Å². The first-order chi connectivity index (χ1) is 13.7. The molecule has 1 aliphatic rings. The van der Waals surface area contributed by atoms with Crippen molar-refractivity contribution in [2.24, 2.45) is 10.7 Å². The van der Waals surface area contributed by atoms with E-state index in [9.17, 15) is 9.59 Å². The van der Waals surface area contributed by atoms with E-state index in [2.05, 4.69) is 4.99 Å². The third-order valence-electron chi connectivity index (χ3n) is 5.24. The van der Waals surface area contributed by atoms with E-state index in [4.69, 9.17) is 21.8 Å². The zero-order valence-corrected chi connectivity index (χ0v) is 16.9. The molecule has 1 amide bonds. The first kappa shape index (κ1) is 19.2. The minimum atomic E-state index is -0.761. The molecule has 148 valence electrons. The molecule has 0 bridgehead atoms. The van der Waals surface area contributed by atoms with E-state index >= 15 is 0 Å². The summed E-state index contributed by atoms with van der Waals surface area (Å²) in [5.74, 6) is 0.242. The van der Waals surface area contributed by atoms with Gasteiger partial charge in [-0.15, -0.1) is 0 Å². The number of rotatable bonds is 4. The molecule has 1 atom stereocenters. The molecule has 1 unspecified atom stereocenters. The number of guanidine groups is 1. The molecule has 0 spiro atoms. The number of carbonyl (C=O) groups excluding carboxylic acids is 2. The maximum Gasteiger partial charge on any atom is 0.231 e. The number of carbonyl (C=O) groups is 2. The van der Waals surface area contributed by atoms with Crippen molar-refractivity contribution in [1.82, 2.24) is 4.90 Å². The summed E-state index contributed by atoms with van der Waals surface area (Å²) in [7, 11) is 1.61. The second kappa shape index (κ2) is 7.04. The van der Waals surface area contributed by atoms with Crippen LogP contribution >= 0.6 is 11.6 Å². The summed E-state index contributed by atoms with van der Waals surface area (Å²) in [6.45, 7) is 1.87. The number of amides is 1. The largest absolute Gasteiger partial charge is 0.453 e. The number of hydrogen-bond acceptors (Lipinski definition) is 5. The zero-order valence-electron chi connectivity index (χ0n) is 16.1. The highest BCUT2D eigenvalue weighted by Crippen LogP contribution is 2.33. The smallest absolute Gasteiger partial charge is 0.231 e. The van der Waals surface area contributed by atoms with Crippen LogP contribution in [-0.2, 0) is 16.8 Å². The Morgan fingerprint density at radius 3 is 2.83 bits per heavy atom. The normalized spacial score (nSPS) is 19.5. The molecule has 1 aliphatic heterocycles. The molecule has 4 rings (SSSR count). The first-order valence-corrected chi connectivity index (χ1v) is 9.56. The predicted octanol–water partition coefficient (Wildman–Crippen LogP) is 3.90. The van der Waals surface area contributed by atoms with Gasteiger partial charge in [-0.05, 0) is 42.3 Å². The van der Waals surface area contributed by atoms with Crippen LogP contribution in [0.15, 0.2) is 57.9 Å². The van der Waals surface area contributed by atoms with Crippen LogP contribution in [0.3, 0.4) is 0 Å². The lowest BCUT2D eigenvalue weighted by molar-refractivity contribution is -0.128. The average Bonchev–Trinajstić information content (AvgIpc) is 3.09. The molecule has 2 N–H and O–H groups in total. The van der Waals surface area contributed by atoms with Gasteiger partial charge in [0.05, 0.1) is 12.0 Å². The third-order valence-corrected chi connectivity index (χ3v) is 5.48. The number of ketones is 1. The Hall–Kier alpha value is -3.12.